The fourth-order valence-corrected chi connectivity index (χ4v) is 3.88. The van der Waals surface area contributed by atoms with E-state index >= 15 is 0 Å². The Morgan fingerprint density at radius 2 is 2.14 bits per heavy atom. The standard InChI is InChI=1S/C16H21N3OS/c1-19-11-12(9-18-19)16(20)10-17-13-7-15(8-13)21-14-5-3-2-4-6-14/h2-6,9,11,13,15-17,20H,7-8,10H2,1H3. The number of hydrogen-bond donors (Lipinski definition) is 2. The van der Waals surface area contributed by atoms with Gasteiger partial charge in [-0.05, 0) is 25.0 Å². The van der Waals surface area contributed by atoms with E-state index in [1.807, 2.05) is 25.0 Å². The van der Waals surface area contributed by atoms with Gasteiger partial charge in [-0.1, -0.05) is 18.2 Å². The maximum atomic E-state index is 10.1. The minimum absolute atomic E-state index is 0.473. The van der Waals surface area contributed by atoms with Gasteiger partial charge in [0.15, 0.2) is 0 Å². The van der Waals surface area contributed by atoms with Gasteiger partial charge in [-0.15, -0.1) is 11.8 Å². The molecule has 1 aliphatic rings. The molecule has 1 aromatic carbocycles. The Morgan fingerprint density at radius 1 is 1.38 bits per heavy atom. The first-order valence-electron chi connectivity index (χ1n) is 7.32. The number of rotatable bonds is 6. The van der Waals surface area contributed by atoms with Crippen LogP contribution in [0.25, 0.3) is 0 Å². The van der Waals surface area contributed by atoms with Crippen LogP contribution < -0.4 is 5.32 Å². The summed E-state index contributed by atoms with van der Waals surface area (Å²) in [6.07, 6.45) is 5.44. The summed E-state index contributed by atoms with van der Waals surface area (Å²) in [5.41, 5.74) is 0.875. The van der Waals surface area contributed by atoms with Gasteiger partial charge < -0.3 is 10.4 Å². The normalized spacial score (nSPS) is 22.8. The first kappa shape index (κ1) is 14.6. The van der Waals surface area contributed by atoms with E-state index in [2.05, 4.69) is 40.7 Å². The molecular weight excluding hydrogens is 282 g/mol. The monoisotopic (exact) mass is 303 g/mol. The summed E-state index contributed by atoms with van der Waals surface area (Å²) in [6.45, 7) is 0.596. The molecule has 2 aromatic rings. The van der Waals surface area contributed by atoms with Gasteiger partial charge in [-0.2, -0.15) is 5.10 Å². The maximum Gasteiger partial charge on any atom is 0.0944 e. The first-order chi connectivity index (χ1) is 10.2. The van der Waals surface area contributed by atoms with E-state index in [1.54, 1.807) is 10.9 Å². The predicted molar refractivity (Wildman–Crippen MR) is 85.3 cm³/mol. The van der Waals surface area contributed by atoms with Crippen LogP contribution in [0.4, 0.5) is 0 Å². The van der Waals surface area contributed by atoms with E-state index < -0.39 is 6.10 Å². The van der Waals surface area contributed by atoms with E-state index in [1.165, 1.54) is 17.7 Å². The number of thioether (sulfide) groups is 1. The Morgan fingerprint density at radius 3 is 2.81 bits per heavy atom. The van der Waals surface area contributed by atoms with Crippen LogP contribution in [-0.2, 0) is 7.05 Å². The van der Waals surface area contributed by atoms with Gasteiger partial charge in [-0.3, -0.25) is 4.68 Å². The van der Waals surface area contributed by atoms with Crippen LogP contribution in [0.3, 0.4) is 0 Å². The van der Waals surface area contributed by atoms with E-state index in [0.717, 1.165) is 5.56 Å². The highest BCUT2D eigenvalue weighted by molar-refractivity contribution is 8.00. The molecule has 21 heavy (non-hydrogen) atoms. The number of aliphatic hydroxyl groups excluding tert-OH is 1. The van der Waals surface area contributed by atoms with Gasteiger partial charge >= 0.3 is 0 Å². The van der Waals surface area contributed by atoms with Crippen LogP contribution in [0.2, 0.25) is 0 Å². The molecule has 4 nitrogen and oxygen atoms in total. The Bertz CT molecular complexity index is 566. The lowest BCUT2D eigenvalue weighted by Gasteiger charge is -2.36. The highest BCUT2D eigenvalue weighted by Gasteiger charge is 2.29. The van der Waals surface area contributed by atoms with Crippen molar-refractivity contribution >= 4 is 11.8 Å². The zero-order valence-electron chi connectivity index (χ0n) is 12.1. The van der Waals surface area contributed by atoms with Crippen LogP contribution in [0.5, 0.6) is 0 Å². The zero-order chi connectivity index (χ0) is 14.7. The molecule has 5 heteroatoms. The summed E-state index contributed by atoms with van der Waals surface area (Å²) in [7, 11) is 1.86. The van der Waals surface area contributed by atoms with Crippen molar-refractivity contribution in [1.82, 2.24) is 15.1 Å². The van der Waals surface area contributed by atoms with Gasteiger partial charge in [0.25, 0.3) is 0 Å². The molecule has 0 radical (unpaired) electrons. The van der Waals surface area contributed by atoms with Crippen LogP contribution in [0.15, 0.2) is 47.6 Å². The summed E-state index contributed by atoms with van der Waals surface area (Å²) >= 11 is 1.95. The van der Waals surface area contributed by atoms with Gasteiger partial charge in [0, 0.05) is 41.5 Å². The topological polar surface area (TPSA) is 50.1 Å². The van der Waals surface area contributed by atoms with Crippen LogP contribution >= 0.6 is 11.8 Å². The van der Waals surface area contributed by atoms with Crippen molar-refractivity contribution in [2.75, 3.05) is 6.54 Å². The van der Waals surface area contributed by atoms with Crippen molar-refractivity contribution in [2.24, 2.45) is 7.05 Å². The number of benzene rings is 1. The molecular formula is C16H21N3OS. The molecule has 1 aromatic heterocycles. The van der Waals surface area contributed by atoms with Crippen molar-refractivity contribution in [1.29, 1.82) is 0 Å². The van der Waals surface area contributed by atoms with Crippen molar-refractivity contribution in [2.45, 2.75) is 35.1 Å². The van der Waals surface area contributed by atoms with Crippen molar-refractivity contribution in [3.05, 3.63) is 48.3 Å². The van der Waals surface area contributed by atoms with E-state index in [-0.39, 0.29) is 0 Å². The van der Waals surface area contributed by atoms with E-state index in [0.29, 0.717) is 17.8 Å². The molecule has 1 saturated carbocycles. The van der Waals surface area contributed by atoms with Crippen molar-refractivity contribution < 1.29 is 5.11 Å². The third-order valence-corrected chi connectivity index (χ3v) is 5.11. The quantitative estimate of drug-likeness (QED) is 0.860. The fourth-order valence-electron chi connectivity index (χ4n) is 2.53. The lowest BCUT2D eigenvalue weighted by molar-refractivity contribution is 0.162. The Balaban J connectivity index is 1.37. The minimum Gasteiger partial charge on any atom is -0.387 e. The van der Waals surface area contributed by atoms with Gasteiger partial charge in [0.05, 0.1) is 12.3 Å². The lowest BCUT2D eigenvalue weighted by Crippen LogP contribution is -2.44. The number of nitrogens with zero attached hydrogens (tertiary/aromatic N) is 2. The molecule has 2 N–H and O–H groups in total. The smallest absolute Gasteiger partial charge is 0.0944 e. The fraction of sp³-hybridized carbons (Fsp3) is 0.438. The Labute approximate surface area is 129 Å². The molecule has 0 saturated heterocycles. The maximum absolute atomic E-state index is 10.1. The number of aryl methyl sites for hydroxylation is 1. The Kier molecular flexibility index (Phi) is 4.63. The molecule has 1 aliphatic carbocycles. The van der Waals surface area contributed by atoms with Gasteiger partial charge in [0.1, 0.15) is 0 Å². The summed E-state index contributed by atoms with van der Waals surface area (Å²) in [6, 6.07) is 11.1. The summed E-state index contributed by atoms with van der Waals surface area (Å²) in [4.78, 5) is 1.34. The number of aromatic nitrogens is 2. The second-order valence-corrected chi connectivity index (χ2v) is 6.97. The average Bonchev–Trinajstić information content (AvgIpc) is 2.89. The summed E-state index contributed by atoms with van der Waals surface area (Å²) in [5.74, 6) is 0. The predicted octanol–water partition coefficient (Wildman–Crippen LogP) is 2.37. The van der Waals surface area contributed by atoms with E-state index in [9.17, 15) is 5.11 Å². The largest absolute Gasteiger partial charge is 0.387 e. The molecule has 3 rings (SSSR count). The molecule has 0 spiro atoms. The molecule has 1 heterocycles. The van der Waals surface area contributed by atoms with Crippen molar-refractivity contribution in [3.63, 3.8) is 0 Å². The minimum atomic E-state index is -0.473. The highest BCUT2D eigenvalue weighted by atomic mass is 32.2. The Hall–Kier alpha value is -1.30. The number of nitrogens with one attached hydrogen (secondary N) is 1. The number of hydrogen-bond acceptors (Lipinski definition) is 4. The second kappa shape index (κ2) is 6.64. The molecule has 0 amide bonds. The highest BCUT2D eigenvalue weighted by Crippen LogP contribution is 2.36. The van der Waals surface area contributed by atoms with Gasteiger partial charge in [-0.25, -0.2) is 0 Å². The van der Waals surface area contributed by atoms with Crippen LogP contribution in [0, 0.1) is 0 Å². The van der Waals surface area contributed by atoms with Crippen LogP contribution in [-0.4, -0.2) is 32.7 Å². The zero-order valence-corrected chi connectivity index (χ0v) is 13.0. The summed E-state index contributed by atoms with van der Waals surface area (Å²) in [5, 5.41) is 18.3. The molecule has 112 valence electrons. The third-order valence-electron chi connectivity index (χ3n) is 3.85. The van der Waals surface area contributed by atoms with Crippen molar-refractivity contribution in [3.8, 4) is 0 Å². The average molecular weight is 303 g/mol. The van der Waals surface area contributed by atoms with Crippen LogP contribution in [0.1, 0.15) is 24.5 Å². The number of aliphatic hydroxyl groups is 1. The molecule has 1 unspecified atom stereocenters. The first-order valence-corrected chi connectivity index (χ1v) is 8.20. The summed E-state index contributed by atoms with van der Waals surface area (Å²) < 4.78 is 1.72. The molecule has 1 fully saturated rings. The lowest BCUT2D eigenvalue weighted by atomic mass is 9.92. The SMILES string of the molecule is Cn1cc(C(O)CNC2CC(Sc3ccccc3)C2)cn1. The third kappa shape index (κ3) is 3.87. The molecule has 1 atom stereocenters. The molecule has 0 aliphatic heterocycles. The van der Waals surface area contributed by atoms with Gasteiger partial charge in [0.2, 0.25) is 0 Å². The molecule has 0 bridgehead atoms. The van der Waals surface area contributed by atoms with E-state index in [4.69, 9.17) is 0 Å². The second-order valence-electron chi connectivity index (χ2n) is 5.59.